The summed E-state index contributed by atoms with van der Waals surface area (Å²) in [6, 6.07) is 8.79. The molecule has 3 heterocycles. The monoisotopic (exact) mass is 460 g/mol. The Morgan fingerprint density at radius 3 is 2.45 bits per heavy atom. The van der Waals surface area contributed by atoms with Crippen molar-refractivity contribution in [3.63, 3.8) is 0 Å². The third-order valence-corrected chi connectivity index (χ3v) is 5.90. The highest BCUT2D eigenvalue weighted by Crippen LogP contribution is 2.19. The molecule has 0 atom stereocenters. The molecule has 10 heteroatoms. The van der Waals surface area contributed by atoms with Crippen molar-refractivity contribution in [2.45, 2.75) is 12.8 Å². The van der Waals surface area contributed by atoms with Crippen LogP contribution in [0.4, 0.5) is 0 Å². The van der Waals surface area contributed by atoms with Crippen molar-refractivity contribution < 1.29 is 18.8 Å². The van der Waals surface area contributed by atoms with Gasteiger partial charge in [-0.05, 0) is 35.7 Å². The zero-order valence-corrected chi connectivity index (χ0v) is 18.3. The van der Waals surface area contributed by atoms with Crippen molar-refractivity contribution in [2.24, 2.45) is 0 Å². The van der Waals surface area contributed by atoms with Crippen molar-refractivity contribution in [2.75, 3.05) is 32.8 Å². The van der Waals surface area contributed by atoms with Gasteiger partial charge in [-0.25, -0.2) is 0 Å². The fourth-order valence-electron chi connectivity index (χ4n) is 3.21. The Labute approximate surface area is 188 Å². The second-order valence-electron chi connectivity index (χ2n) is 7.03. The first-order valence-corrected chi connectivity index (χ1v) is 11.2. The van der Waals surface area contributed by atoms with Crippen LogP contribution in [0.25, 0.3) is 11.4 Å². The second kappa shape index (κ2) is 9.93. The quantitative estimate of drug-likeness (QED) is 0.538. The highest BCUT2D eigenvalue weighted by molar-refractivity contribution is 7.08. The van der Waals surface area contributed by atoms with Crippen molar-refractivity contribution in [1.82, 2.24) is 19.9 Å². The molecule has 0 bridgehead atoms. The highest BCUT2D eigenvalue weighted by Gasteiger charge is 2.24. The van der Waals surface area contributed by atoms with E-state index < -0.39 is 0 Å². The molecule has 8 nitrogen and oxygen atoms in total. The number of hydrogen-bond acceptors (Lipinski definition) is 7. The van der Waals surface area contributed by atoms with Crippen LogP contribution in [0.2, 0.25) is 5.02 Å². The fourth-order valence-corrected chi connectivity index (χ4v) is 3.97. The van der Waals surface area contributed by atoms with E-state index in [1.807, 2.05) is 16.8 Å². The highest BCUT2D eigenvalue weighted by atomic mass is 35.5. The Morgan fingerprint density at radius 1 is 1.06 bits per heavy atom. The molecule has 0 aliphatic carbocycles. The summed E-state index contributed by atoms with van der Waals surface area (Å²) in [6.45, 7) is 1.92. The molecule has 1 saturated heterocycles. The number of benzene rings is 1. The van der Waals surface area contributed by atoms with Gasteiger partial charge in [-0.2, -0.15) is 16.3 Å². The third kappa shape index (κ3) is 5.62. The number of aromatic nitrogens is 2. The van der Waals surface area contributed by atoms with Gasteiger partial charge in [-0.15, -0.1) is 0 Å². The first-order valence-electron chi connectivity index (χ1n) is 9.87. The number of hydrogen-bond donors (Lipinski definition) is 0. The maximum absolute atomic E-state index is 12.5. The first-order chi connectivity index (χ1) is 15.1. The van der Waals surface area contributed by atoms with Gasteiger partial charge in [0.25, 0.3) is 5.91 Å². The van der Waals surface area contributed by atoms with E-state index in [1.165, 1.54) is 0 Å². The topological polar surface area (TPSA) is 88.8 Å². The normalized spacial score (nSPS) is 14.0. The summed E-state index contributed by atoms with van der Waals surface area (Å²) in [5, 5.41) is 8.46. The molecule has 0 saturated carbocycles. The Bertz CT molecular complexity index is 1010. The zero-order chi connectivity index (χ0) is 21.6. The van der Waals surface area contributed by atoms with Crippen LogP contribution in [0, 0.1) is 0 Å². The Balaban J connectivity index is 1.19. The molecule has 1 fully saturated rings. The predicted molar refractivity (Wildman–Crippen MR) is 116 cm³/mol. The third-order valence-electron chi connectivity index (χ3n) is 4.96. The predicted octanol–water partition coefficient (Wildman–Crippen LogP) is 3.13. The summed E-state index contributed by atoms with van der Waals surface area (Å²) in [5.41, 5.74) is 0.909. The SMILES string of the molecule is O=C(CCc1nc(-c2ccsc2)no1)N1CCN(C(=O)COc2ccc(Cl)cc2)CC1. The molecule has 2 amide bonds. The maximum atomic E-state index is 12.5. The minimum atomic E-state index is -0.103. The fraction of sp³-hybridized carbons (Fsp3) is 0.333. The van der Waals surface area contributed by atoms with E-state index in [4.69, 9.17) is 20.9 Å². The summed E-state index contributed by atoms with van der Waals surface area (Å²) in [4.78, 5) is 32.7. The average molecular weight is 461 g/mol. The molecule has 3 aromatic rings. The van der Waals surface area contributed by atoms with Gasteiger partial charge in [-0.1, -0.05) is 16.8 Å². The Kier molecular flexibility index (Phi) is 6.83. The van der Waals surface area contributed by atoms with Crippen LogP contribution >= 0.6 is 22.9 Å². The molecule has 0 radical (unpaired) electrons. The lowest BCUT2D eigenvalue weighted by atomic mass is 10.2. The van der Waals surface area contributed by atoms with Gasteiger partial charge in [0.2, 0.25) is 17.6 Å². The van der Waals surface area contributed by atoms with Gasteiger partial charge in [0, 0.05) is 55.0 Å². The number of nitrogens with zero attached hydrogens (tertiary/aromatic N) is 4. The summed E-state index contributed by atoms with van der Waals surface area (Å²) in [7, 11) is 0. The van der Waals surface area contributed by atoms with E-state index in [-0.39, 0.29) is 18.4 Å². The molecular weight excluding hydrogens is 440 g/mol. The molecule has 0 unspecified atom stereocenters. The van der Waals surface area contributed by atoms with Gasteiger partial charge >= 0.3 is 0 Å². The summed E-state index contributed by atoms with van der Waals surface area (Å²) >= 11 is 7.40. The molecular formula is C21H21ClN4O4S. The number of ether oxygens (including phenoxy) is 1. The van der Waals surface area contributed by atoms with Crippen molar-refractivity contribution in [3.8, 4) is 17.1 Å². The van der Waals surface area contributed by atoms with Gasteiger partial charge < -0.3 is 19.1 Å². The van der Waals surface area contributed by atoms with Gasteiger partial charge in [0.1, 0.15) is 5.75 Å². The van der Waals surface area contributed by atoms with E-state index in [2.05, 4.69) is 10.1 Å². The Morgan fingerprint density at radius 2 is 1.77 bits per heavy atom. The smallest absolute Gasteiger partial charge is 0.260 e. The van der Waals surface area contributed by atoms with E-state index in [0.29, 0.717) is 61.5 Å². The number of thiophene rings is 1. The van der Waals surface area contributed by atoms with Crippen LogP contribution in [0.1, 0.15) is 12.3 Å². The maximum Gasteiger partial charge on any atom is 0.260 e. The van der Waals surface area contributed by atoms with Crippen LogP contribution < -0.4 is 4.74 Å². The van der Waals surface area contributed by atoms with Crippen LogP contribution in [0.3, 0.4) is 0 Å². The lowest BCUT2D eigenvalue weighted by molar-refractivity contribution is -0.140. The lowest BCUT2D eigenvalue weighted by Crippen LogP contribution is -2.51. The lowest BCUT2D eigenvalue weighted by Gasteiger charge is -2.34. The summed E-state index contributed by atoms with van der Waals surface area (Å²) < 4.78 is 10.8. The number of rotatable bonds is 7. The van der Waals surface area contributed by atoms with E-state index >= 15 is 0 Å². The molecule has 0 spiro atoms. The van der Waals surface area contributed by atoms with Gasteiger partial charge in [0.05, 0.1) is 0 Å². The van der Waals surface area contributed by atoms with Crippen LogP contribution in [0.5, 0.6) is 5.75 Å². The van der Waals surface area contributed by atoms with E-state index in [1.54, 1.807) is 45.4 Å². The molecule has 4 rings (SSSR count). The second-order valence-corrected chi connectivity index (χ2v) is 8.24. The first kappa shape index (κ1) is 21.3. The van der Waals surface area contributed by atoms with Gasteiger partial charge in [0.15, 0.2) is 6.61 Å². The van der Waals surface area contributed by atoms with Crippen LogP contribution in [-0.4, -0.2) is 64.5 Å². The number of halogens is 1. The molecule has 162 valence electrons. The van der Waals surface area contributed by atoms with Crippen LogP contribution in [0.15, 0.2) is 45.6 Å². The number of amides is 2. The van der Waals surface area contributed by atoms with Crippen molar-refractivity contribution >= 4 is 34.8 Å². The van der Waals surface area contributed by atoms with Crippen molar-refractivity contribution in [1.29, 1.82) is 0 Å². The number of carbonyl (C=O) groups excluding carboxylic acids is 2. The Hall–Kier alpha value is -2.91. The summed E-state index contributed by atoms with van der Waals surface area (Å²) in [6.07, 6.45) is 0.683. The molecule has 2 aromatic heterocycles. The minimum absolute atomic E-state index is 0.0137. The van der Waals surface area contributed by atoms with E-state index in [9.17, 15) is 9.59 Å². The molecule has 31 heavy (non-hydrogen) atoms. The minimum Gasteiger partial charge on any atom is -0.484 e. The number of aryl methyl sites for hydroxylation is 1. The van der Waals surface area contributed by atoms with Crippen molar-refractivity contribution in [3.05, 3.63) is 52.0 Å². The molecule has 1 aromatic carbocycles. The number of piperazine rings is 1. The number of carbonyl (C=O) groups is 2. The average Bonchev–Trinajstić information content (AvgIpc) is 3.49. The van der Waals surface area contributed by atoms with Crippen LogP contribution in [-0.2, 0) is 16.0 Å². The van der Waals surface area contributed by atoms with E-state index in [0.717, 1.165) is 5.56 Å². The zero-order valence-electron chi connectivity index (χ0n) is 16.7. The molecule has 0 N–H and O–H groups in total. The standard InChI is InChI=1S/C21H21ClN4O4S/c22-16-1-3-17(4-2-16)29-13-20(28)26-10-8-25(9-11-26)19(27)6-5-18-23-21(24-30-18)15-7-12-31-14-15/h1-4,7,12,14H,5-6,8-11,13H2. The summed E-state index contributed by atoms with van der Waals surface area (Å²) in [5.74, 6) is 1.49. The molecule has 1 aliphatic rings. The van der Waals surface area contributed by atoms with Gasteiger partial charge in [-0.3, -0.25) is 9.59 Å². The largest absolute Gasteiger partial charge is 0.484 e. The molecule has 1 aliphatic heterocycles.